The Kier molecular flexibility index (Phi) is 6.97. The van der Waals surface area contributed by atoms with Crippen molar-refractivity contribution in [3.8, 4) is 0 Å². The Morgan fingerprint density at radius 2 is 1.96 bits per heavy atom. The number of rotatable bonds is 7. The summed E-state index contributed by atoms with van der Waals surface area (Å²) >= 11 is 1.59. The molecule has 2 amide bonds. The van der Waals surface area contributed by atoms with Crippen LogP contribution in [0.2, 0.25) is 0 Å². The van der Waals surface area contributed by atoms with Crippen LogP contribution in [0.25, 0.3) is 0 Å². The summed E-state index contributed by atoms with van der Waals surface area (Å²) in [5, 5.41) is 8.91. The highest BCUT2D eigenvalue weighted by atomic mass is 32.2. The number of hydrogen-bond donors (Lipinski definition) is 1. The zero-order valence-electron chi connectivity index (χ0n) is 15.2. The van der Waals surface area contributed by atoms with Gasteiger partial charge in [0.1, 0.15) is 0 Å². The van der Waals surface area contributed by atoms with E-state index in [2.05, 4.69) is 0 Å². The smallest absolute Gasteiger partial charge is 0.254 e. The van der Waals surface area contributed by atoms with E-state index in [1.54, 1.807) is 11.8 Å². The highest BCUT2D eigenvalue weighted by Gasteiger charge is 2.29. The van der Waals surface area contributed by atoms with Gasteiger partial charge in [0.2, 0.25) is 5.91 Å². The molecule has 6 heteroatoms. The van der Waals surface area contributed by atoms with Crippen molar-refractivity contribution >= 4 is 23.6 Å². The van der Waals surface area contributed by atoms with Crippen LogP contribution in [-0.4, -0.2) is 64.8 Å². The lowest BCUT2D eigenvalue weighted by molar-refractivity contribution is -0.127. The number of likely N-dealkylation sites (tertiary alicyclic amines) is 2. The first kappa shape index (κ1) is 19.2. The van der Waals surface area contributed by atoms with Gasteiger partial charge in [-0.2, -0.15) is 0 Å². The zero-order chi connectivity index (χ0) is 18.4. The molecule has 26 heavy (non-hydrogen) atoms. The van der Waals surface area contributed by atoms with Crippen LogP contribution >= 0.6 is 11.8 Å². The van der Waals surface area contributed by atoms with Crippen LogP contribution in [-0.2, 0) is 4.79 Å². The first-order valence-electron chi connectivity index (χ1n) is 9.61. The predicted molar refractivity (Wildman–Crippen MR) is 103 cm³/mol. The van der Waals surface area contributed by atoms with E-state index in [4.69, 9.17) is 5.11 Å². The van der Waals surface area contributed by atoms with Crippen molar-refractivity contribution in [3.05, 3.63) is 29.8 Å². The minimum Gasteiger partial charge on any atom is -0.396 e. The van der Waals surface area contributed by atoms with Gasteiger partial charge in [-0.25, -0.2) is 0 Å². The molecule has 0 aromatic heterocycles. The monoisotopic (exact) mass is 376 g/mol. The molecule has 2 fully saturated rings. The van der Waals surface area contributed by atoms with Crippen molar-refractivity contribution in [3.63, 3.8) is 0 Å². The topological polar surface area (TPSA) is 60.9 Å². The molecule has 3 rings (SSSR count). The summed E-state index contributed by atoms with van der Waals surface area (Å²) in [5.41, 5.74) is 0.725. The molecule has 0 saturated carbocycles. The summed E-state index contributed by atoms with van der Waals surface area (Å²) in [4.78, 5) is 29.8. The Hall–Kier alpha value is -1.53. The summed E-state index contributed by atoms with van der Waals surface area (Å²) in [6.07, 6.45) is 5.75. The van der Waals surface area contributed by atoms with E-state index >= 15 is 0 Å². The van der Waals surface area contributed by atoms with Crippen LogP contribution in [0.1, 0.15) is 48.9 Å². The minimum absolute atomic E-state index is 0.0983. The van der Waals surface area contributed by atoms with E-state index in [1.807, 2.05) is 34.1 Å². The fourth-order valence-electron chi connectivity index (χ4n) is 3.84. The van der Waals surface area contributed by atoms with E-state index in [1.165, 1.54) is 0 Å². The molecule has 2 aliphatic rings. The Bertz CT molecular complexity index is 620. The summed E-state index contributed by atoms with van der Waals surface area (Å²) in [6, 6.07) is 7.91. The maximum atomic E-state index is 13.0. The number of amides is 2. The van der Waals surface area contributed by atoms with Crippen molar-refractivity contribution in [1.29, 1.82) is 0 Å². The molecule has 0 bridgehead atoms. The molecule has 0 spiro atoms. The van der Waals surface area contributed by atoms with Crippen LogP contribution in [0.4, 0.5) is 0 Å². The van der Waals surface area contributed by atoms with E-state index < -0.39 is 0 Å². The molecule has 2 saturated heterocycles. The standard InChI is InChI=1S/C20H28N2O3S/c23-14-15-26-18-8-6-16(7-9-18)20(25)22-12-2-1-4-17(22)10-13-21-11-3-5-19(21)24/h6-9,17,23H,1-5,10-15H2/t17-/m0/s1. The number of hydrogen-bond acceptors (Lipinski definition) is 4. The molecule has 0 unspecified atom stereocenters. The Morgan fingerprint density at radius 1 is 1.15 bits per heavy atom. The molecular formula is C20H28N2O3S. The molecule has 1 N–H and O–H groups in total. The van der Waals surface area contributed by atoms with E-state index in [0.717, 1.165) is 62.2 Å². The number of carbonyl (C=O) groups excluding carboxylic acids is 2. The maximum absolute atomic E-state index is 13.0. The van der Waals surface area contributed by atoms with Gasteiger partial charge < -0.3 is 14.9 Å². The highest BCUT2D eigenvalue weighted by molar-refractivity contribution is 7.99. The van der Waals surface area contributed by atoms with Gasteiger partial charge in [-0.3, -0.25) is 9.59 Å². The van der Waals surface area contributed by atoms with Gasteiger partial charge in [-0.05, 0) is 56.4 Å². The van der Waals surface area contributed by atoms with Gasteiger partial charge in [0.15, 0.2) is 0 Å². The Morgan fingerprint density at radius 3 is 2.65 bits per heavy atom. The van der Waals surface area contributed by atoms with Crippen molar-refractivity contribution in [2.75, 3.05) is 32.0 Å². The normalized spacial score (nSPS) is 20.7. The number of benzene rings is 1. The molecule has 1 aromatic carbocycles. The van der Waals surface area contributed by atoms with Gasteiger partial charge in [0, 0.05) is 48.3 Å². The van der Waals surface area contributed by atoms with Crippen molar-refractivity contribution < 1.29 is 14.7 Å². The molecule has 0 radical (unpaired) electrons. The molecule has 0 aliphatic carbocycles. The molecule has 2 aliphatic heterocycles. The van der Waals surface area contributed by atoms with E-state index in [9.17, 15) is 9.59 Å². The lowest BCUT2D eigenvalue weighted by Crippen LogP contribution is -2.45. The lowest BCUT2D eigenvalue weighted by atomic mass is 9.98. The van der Waals surface area contributed by atoms with Crippen LogP contribution in [0.5, 0.6) is 0 Å². The fourth-order valence-corrected chi connectivity index (χ4v) is 4.49. The molecule has 1 aromatic rings. The molecule has 142 valence electrons. The molecular weight excluding hydrogens is 348 g/mol. The minimum atomic E-state index is 0.0983. The average Bonchev–Trinajstić information content (AvgIpc) is 3.09. The van der Waals surface area contributed by atoms with E-state index in [0.29, 0.717) is 12.2 Å². The Labute approximate surface area is 159 Å². The zero-order valence-corrected chi connectivity index (χ0v) is 16.0. The average molecular weight is 377 g/mol. The van der Waals surface area contributed by atoms with Crippen LogP contribution in [0, 0.1) is 0 Å². The number of carbonyl (C=O) groups is 2. The second-order valence-corrected chi connectivity index (χ2v) is 8.19. The quantitative estimate of drug-likeness (QED) is 0.744. The van der Waals surface area contributed by atoms with E-state index in [-0.39, 0.29) is 24.5 Å². The molecule has 2 heterocycles. The SMILES string of the molecule is O=C1CCCN1CC[C@@H]1CCCCN1C(=O)c1ccc(SCCO)cc1. The van der Waals surface area contributed by atoms with Crippen molar-refractivity contribution in [1.82, 2.24) is 9.80 Å². The second-order valence-electron chi connectivity index (χ2n) is 7.02. The number of aliphatic hydroxyl groups excluding tert-OH is 1. The fraction of sp³-hybridized carbons (Fsp3) is 0.600. The number of nitrogens with zero attached hydrogens (tertiary/aromatic N) is 2. The summed E-state index contributed by atoms with van der Waals surface area (Å²) in [5.74, 6) is 1.02. The summed E-state index contributed by atoms with van der Waals surface area (Å²) in [6.45, 7) is 2.59. The third-order valence-electron chi connectivity index (χ3n) is 5.25. The third-order valence-corrected chi connectivity index (χ3v) is 6.25. The van der Waals surface area contributed by atoms with Crippen molar-refractivity contribution in [2.24, 2.45) is 0 Å². The van der Waals surface area contributed by atoms with Gasteiger partial charge in [-0.1, -0.05) is 0 Å². The first-order valence-corrected chi connectivity index (χ1v) is 10.6. The van der Waals surface area contributed by atoms with Gasteiger partial charge in [0.25, 0.3) is 5.91 Å². The molecule has 5 nitrogen and oxygen atoms in total. The number of piperidine rings is 1. The molecule has 1 atom stereocenters. The maximum Gasteiger partial charge on any atom is 0.254 e. The summed E-state index contributed by atoms with van der Waals surface area (Å²) < 4.78 is 0. The second kappa shape index (κ2) is 9.42. The lowest BCUT2D eigenvalue weighted by Gasteiger charge is -2.36. The first-order chi connectivity index (χ1) is 12.7. The van der Waals surface area contributed by atoms with Gasteiger partial charge in [0.05, 0.1) is 6.61 Å². The van der Waals surface area contributed by atoms with Crippen molar-refractivity contribution in [2.45, 2.75) is 49.5 Å². The third kappa shape index (κ3) is 4.80. The van der Waals surface area contributed by atoms with Crippen LogP contribution < -0.4 is 0 Å². The number of aliphatic hydroxyl groups is 1. The number of thioether (sulfide) groups is 1. The highest BCUT2D eigenvalue weighted by Crippen LogP contribution is 2.24. The van der Waals surface area contributed by atoms with Crippen LogP contribution in [0.15, 0.2) is 29.2 Å². The Balaban J connectivity index is 1.60. The van der Waals surface area contributed by atoms with Gasteiger partial charge >= 0.3 is 0 Å². The van der Waals surface area contributed by atoms with Gasteiger partial charge in [-0.15, -0.1) is 11.8 Å². The van der Waals surface area contributed by atoms with Crippen LogP contribution in [0.3, 0.4) is 0 Å². The predicted octanol–water partition coefficient (Wildman–Crippen LogP) is 2.78. The summed E-state index contributed by atoms with van der Waals surface area (Å²) in [7, 11) is 0. The largest absolute Gasteiger partial charge is 0.396 e.